The fraction of sp³-hybridized carbons (Fsp3) is 0.273. The van der Waals surface area contributed by atoms with E-state index in [0.717, 1.165) is 25.1 Å². The van der Waals surface area contributed by atoms with Crippen LogP contribution in [0.15, 0.2) is 64.2 Å². The average Bonchev–Trinajstić information content (AvgIpc) is 2.67. The normalized spacial score (nSPS) is 10.8. The first-order valence-corrected chi connectivity index (χ1v) is 9.06. The van der Waals surface area contributed by atoms with Crippen LogP contribution in [-0.2, 0) is 0 Å². The number of nitrogens with zero attached hydrogens (tertiary/aromatic N) is 1. The Labute approximate surface area is 153 Å². The molecule has 0 unspecified atom stereocenters. The minimum Gasteiger partial charge on any atom is -0.381 e. The Morgan fingerprint density at radius 2 is 1.73 bits per heavy atom. The predicted octanol–water partition coefficient (Wildman–Crippen LogP) is 3.59. The minimum absolute atomic E-state index is 0.395. The van der Waals surface area contributed by atoms with Crippen LogP contribution >= 0.6 is 0 Å². The summed E-state index contributed by atoms with van der Waals surface area (Å²) in [5.74, 6) is 0. The van der Waals surface area contributed by atoms with E-state index in [1.165, 1.54) is 11.3 Å². The van der Waals surface area contributed by atoms with Gasteiger partial charge in [-0.2, -0.15) is 0 Å². The lowest BCUT2D eigenvalue weighted by atomic mass is 9.98. The number of anilines is 2. The Bertz CT molecular complexity index is 940. The second kappa shape index (κ2) is 8.00. The molecule has 3 aromatic carbocycles. The quantitative estimate of drug-likeness (QED) is 0.499. The second-order valence-electron chi connectivity index (χ2n) is 6.47. The van der Waals surface area contributed by atoms with Crippen molar-refractivity contribution in [3.05, 3.63) is 80.6 Å². The van der Waals surface area contributed by atoms with E-state index in [9.17, 15) is 9.59 Å². The Morgan fingerprint density at radius 1 is 0.962 bits per heavy atom. The van der Waals surface area contributed by atoms with E-state index in [2.05, 4.69) is 48.3 Å². The van der Waals surface area contributed by atoms with Crippen molar-refractivity contribution in [2.24, 2.45) is 0 Å². The molecule has 0 bridgehead atoms. The molecular weight excluding hydrogens is 324 g/mol. The maximum atomic E-state index is 11.9. The Hall–Kier alpha value is -2.88. The zero-order chi connectivity index (χ0) is 18.5. The first kappa shape index (κ1) is 17.9. The molecule has 26 heavy (non-hydrogen) atoms. The van der Waals surface area contributed by atoms with Gasteiger partial charge in [-0.3, -0.25) is 9.59 Å². The monoisotopic (exact) mass is 348 g/mol. The molecule has 0 aliphatic carbocycles. The third-order valence-corrected chi connectivity index (χ3v) is 4.63. The smallest absolute Gasteiger partial charge is 0.250 e. The van der Waals surface area contributed by atoms with Crippen LogP contribution in [0.25, 0.3) is 11.1 Å². The van der Waals surface area contributed by atoms with Gasteiger partial charge in [0.25, 0.3) is 0 Å². The van der Waals surface area contributed by atoms with Gasteiger partial charge >= 0.3 is 0 Å². The number of hydrogen-bond acceptors (Lipinski definition) is 4. The van der Waals surface area contributed by atoms with Crippen molar-refractivity contribution in [1.29, 1.82) is 0 Å². The predicted molar refractivity (Wildman–Crippen MR) is 109 cm³/mol. The summed E-state index contributed by atoms with van der Waals surface area (Å²) in [5, 5.41) is 3.17. The highest BCUT2D eigenvalue weighted by atomic mass is 16.2. The molecule has 0 atom stereocenters. The molecule has 0 aromatic heterocycles. The highest BCUT2D eigenvalue weighted by Crippen LogP contribution is 2.23. The number of rotatable bonds is 8. The molecule has 0 saturated carbocycles. The van der Waals surface area contributed by atoms with Gasteiger partial charge in [0.05, 0.1) is 11.3 Å². The lowest BCUT2D eigenvalue weighted by Gasteiger charge is -2.24. The molecule has 4 nitrogen and oxygen atoms in total. The van der Waals surface area contributed by atoms with E-state index >= 15 is 0 Å². The lowest BCUT2D eigenvalue weighted by molar-refractivity contribution is 0.768. The van der Waals surface area contributed by atoms with Gasteiger partial charge in [0.1, 0.15) is 0 Å². The first-order chi connectivity index (χ1) is 12.6. The average molecular weight is 348 g/mol. The molecule has 0 saturated heterocycles. The van der Waals surface area contributed by atoms with Crippen LogP contribution in [0.1, 0.15) is 18.9 Å². The summed E-state index contributed by atoms with van der Waals surface area (Å²) >= 11 is 0. The van der Waals surface area contributed by atoms with E-state index in [4.69, 9.17) is 0 Å². The molecule has 3 aromatic rings. The minimum atomic E-state index is -0.408. The van der Waals surface area contributed by atoms with Crippen LogP contribution in [-0.4, -0.2) is 19.6 Å². The Balaban J connectivity index is 1.60. The molecule has 0 amide bonds. The van der Waals surface area contributed by atoms with Crippen molar-refractivity contribution in [3.8, 4) is 11.1 Å². The third-order valence-electron chi connectivity index (χ3n) is 4.63. The van der Waals surface area contributed by atoms with Crippen LogP contribution < -0.4 is 21.1 Å². The SMILES string of the molecule is CCN(CCCNc1c(-c2ccccc2)c(=O)c1=O)c1cccc(C)c1. The van der Waals surface area contributed by atoms with Crippen LogP contribution in [0.4, 0.5) is 11.4 Å². The number of nitrogens with one attached hydrogen (secondary N) is 1. The van der Waals surface area contributed by atoms with Gasteiger partial charge in [0, 0.05) is 25.3 Å². The highest BCUT2D eigenvalue weighted by molar-refractivity contribution is 5.81. The zero-order valence-electron chi connectivity index (χ0n) is 15.3. The van der Waals surface area contributed by atoms with Gasteiger partial charge in [-0.15, -0.1) is 0 Å². The summed E-state index contributed by atoms with van der Waals surface area (Å²) in [4.78, 5) is 26.1. The summed E-state index contributed by atoms with van der Waals surface area (Å²) in [6.45, 7) is 6.71. The van der Waals surface area contributed by atoms with Crippen molar-refractivity contribution in [3.63, 3.8) is 0 Å². The van der Waals surface area contributed by atoms with Gasteiger partial charge in [0.15, 0.2) is 0 Å². The zero-order valence-corrected chi connectivity index (χ0v) is 15.3. The topological polar surface area (TPSA) is 49.4 Å². The van der Waals surface area contributed by atoms with Crippen LogP contribution in [0.5, 0.6) is 0 Å². The molecule has 0 spiro atoms. The standard InChI is InChI=1S/C22H24N2O2/c1-3-24(18-12-7-9-16(2)15-18)14-8-13-23-20-19(21(25)22(20)26)17-10-5-4-6-11-17/h4-7,9-12,15,23H,3,8,13-14H2,1-2H3. The van der Waals surface area contributed by atoms with E-state index in [0.29, 0.717) is 17.8 Å². The first-order valence-electron chi connectivity index (χ1n) is 9.06. The van der Waals surface area contributed by atoms with E-state index in [1.54, 1.807) is 0 Å². The molecule has 0 fully saturated rings. The summed E-state index contributed by atoms with van der Waals surface area (Å²) in [7, 11) is 0. The number of benzene rings is 2. The van der Waals surface area contributed by atoms with E-state index in [-0.39, 0.29) is 0 Å². The van der Waals surface area contributed by atoms with E-state index in [1.807, 2.05) is 30.3 Å². The Morgan fingerprint density at radius 3 is 2.42 bits per heavy atom. The maximum Gasteiger partial charge on any atom is 0.250 e. The van der Waals surface area contributed by atoms with Gasteiger partial charge < -0.3 is 10.2 Å². The van der Waals surface area contributed by atoms with Crippen molar-refractivity contribution in [1.82, 2.24) is 0 Å². The lowest BCUT2D eigenvalue weighted by Crippen LogP contribution is -2.36. The summed E-state index contributed by atoms with van der Waals surface area (Å²) in [6.07, 6.45) is 0.884. The Kier molecular flexibility index (Phi) is 5.52. The molecule has 0 radical (unpaired) electrons. The van der Waals surface area contributed by atoms with Crippen LogP contribution in [0, 0.1) is 6.92 Å². The van der Waals surface area contributed by atoms with Gasteiger partial charge in [0.2, 0.25) is 10.9 Å². The summed E-state index contributed by atoms with van der Waals surface area (Å²) in [5.41, 5.74) is 3.43. The van der Waals surface area contributed by atoms with Crippen molar-refractivity contribution in [2.45, 2.75) is 20.3 Å². The summed E-state index contributed by atoms with van der Waals surface area (Å²) < 4.78 is 0. The number of aryl methyl sites for hydroxylation is 1. The molecule has 1 N–H and O–H groups in total. The maximum absolute atomic E-state index is 11.9. The molecule has 4 heteroatoms. The van der Waals surface area contributed by atoms with Crippen molar-refractivity contribution >= 4 is 11.4 Å². The van der Waals surface area contributed by atoms with Crippen LogP contribution in [0.3, 0.4) is 0 Å². The van der Waals surface area contributed by atoms with Gasteiger partial charge in [-0.05, 0) is 43.5 Å². The summed E-state index contributed by atoms with van der Waals surface area (Å²) in [6, 6.07) is 17.8. The molecule has 0 heterocycles. The van der Waals surface area contributed by atoms with Crippen molar-refractivity contribution in [2.75, 3.05) is 29.9 Å². The van der Waals surface area contributed by atoms with E-state index < -0.39 is 10.9 Å². The third kappa shape index (κ3) is 3.69. The highest BCUT2D eigenvalue weighted by Gasteiger charge is 2.21. The van der Waals surface area contributed by atoms with Gasteiger partial charge in [-0.25, -0.2) is 0 Å². The molecular formula is C22H24N2O2. The second-order valence-corrected chi connectivity index (χ2v) is 6.47. The van der Waals surface area contributed by atoms with Crippen LogP contribution in [0.2, 0.25) is 0 Å². The molecule has 134 valence electrons. The van der Waals surface area contributed by atoms with Gasteiger partial charge in [-0.1, -0.05) is 42.5 Å². The largest absolute Gasteiger partial charge is 0.381 e. The molecule has 0 aliphatic heterocycles. The molecule has 0 aliphatic rings. The fourth-order valence-electron chi connectivity index (χ4n) is 3.22. The molecule has 3 rings (SSSR count). The fourth-order valence-corrected chi connectivity index (χ4v) is 3.22. The van der Waals surface area contributed by atoms with Crippen molar-refractivity contribution < 1.29 is 0 Å². The number of hydrogen-bond donors (Lipinski definition) is 1.